The fourth-order valence-corrected chi connectivity index (χ4v) is 1.73. The highest BCUT2D eigenvalue weighted by atomic mass is 79.9. The fraction of sp³-hybridized carbons (Fsp3) is 0. The zero-order valence-electron chi connectivity index (χ0n) is 7.94. The van der Waals surface area contributed by atoms with Gasteiger partial charge in [0.05, 0.1) is 11.6 Å². The molecular weight excluding hydrogens is 250 g/mol. The molecule has 0 unspecified atom stereocenters. The van der Waals surface area contributed by atoms with Crippen molar-refractivity contribution in [1.82, 2.24) is 0 Å². The first kappa shape index (κ1) is 9.95. The van der Waals surface area contributed by atoms with Gasteiger partial charge in [0.25, 0.3) is 0 Å². The smallest absolute Gasteiger partial charge is 0.0998 e. The Hall–Kier alpha value is -1.59. The maximum absolute atomic E-state index is 8.98. The molecule has 1 nitrogen and oxygen atoms in total. The minimum Gasteiger partial charge on any atom is -0.192 e. The van der Waals surface area contributed by atoms with E-state index in [9.17, 15) is 0 Å². The zero-order chi connectivity index (χ0) is 10.7. The van der Waals surface area contributed by atoms with Crippen molar-refractivity contribution < 1.29 is 0 Å². The molecule has 0 amide bonds. The topological polar surface area (TPSA) is 23.8 Å². The van der Waals surface area contributed by atoms with Crippen molar-refractivity contribution in [2.45, 2.75) is 0 Å². The largest absolute Gasteiger partial charge is 0.192 e. The van der Waals surface area contributed by atoms with Crippen molar-refractivity contribution >= 4 is 15.9 Å². The van der Waals surface area contributed by atoms with Crippen LogP contribution >= 0.6 is 15.9 Å². The van der Waals surface area contributed by atoms with E-state index in [2.05, 4.69) is 22.0 Å². The van der Waals surface area contributed by atoms with Gasteiger partial charge in [0.1, 0.15) is 0 Å². The summed E-state index contributed by atoms with van der Waals surface area (Å²) in [5.74, 6) is 0. The predicted octanol–water partition coefficient (Wildman–Crippen LogP) is 3.99. The summed E-state index contributed by atoms with van der Waals surface area (Å²) in [6.45, 7) is 0. The lowest BCUT2D eigenvalue weighted by Gasteiger charge is -2.03. The monoisotopic (exact) mass is 257 g/mol. The van der Waals surface area contributed by atoms with E-state index in [1.165, 1.54) is 0 Å². The van der Waals surface area contributed by atoms with Gasteiger partial charge in [0.2, 0.25) is 0 Å². The molecule has 0 aromatic heterocycles. The molecule has 0 aliphatic carbocycles. The maximum atomic E-state index is 8.98. The molecular formula is C13H8BrN. The number of hydrogen-bond acceptors (Lipinski definition) is 1. The molecule has 0 fully saturated rings. The van der Waals surface area contributed by atoms with Crippen LogP contribution < -0.4 is 0 Å². The minimum absolute atomic E-state index is 0.708. The van der Waals surface area contributed by atoms with Gasteiger partial charge in [-0.2, -0.15) is 5.26 Å². The number of rotatable bonds is 1. The van der Waals surface area contributed by atoms with Gasteiger partial charge in [-0.3, -0.25) is 0 Å². The molecule has 0 heterocycles. The van der Waals surface area contributed by atoms with Gasteiger partial charge in [0, 0.05) is 4.47 Å². The molecule has 72 valence electrons. The third-order valence-electron chi connectivity index (χ3n) is 2.20. The van der Waals surface area contributed by atoms with Crippen LogP contribution in [0, 0.1) is 11.3 Å². The Labute approximate surface area is 97.1 Å². The molecule has 0 saturated carbocycles. The quantitative estimate of drug-likeness (QED) is 0.758. The molecule has 0 aliphatic rings. The molecule has 2 rings (SSSR count). The first-order valence-corrected chi connectivity index (χ1v) is 5.35. The highest BCUT2D eigenvalue weighted by Crippen LogP contribution is 2.24. The summed E-state index contributed by atoms with van der Waals surface area (Å²) in [5.41, 5.74) is 2.75. The summed E-state index contributed by atoms with van der Waals surface area (Å²) in [4.78, 5) is 0. The number of benzene rings is 2. The Kier molecular flexibility index (Phi) is 2.84. The number of halogens is 1. The number of hydrogen-bond donors (Lipinski definition) is 0. The Morgan fingerprint density at radius 2 is 1.60 bits per heavy atom. The van der Waals surface area contributed by atoms with Crippen LogP contribution in [0.1, 0.15) is 5.56 Å². The molecule has 2 aromatic rings. The van der Waals surface area contributed by atoms with Crippen LogP contribution in [0.5, 0.6) is 0 Å². The van der Waals surface area contributed by atoms with E-state index < -0.39 is 0 Å². The summed E-state index contributed by atoms with van der Waals surface area (Å²) < 4.78 is 1.04. The Balaban J connectivity index is 2.55. The summed E-state index contributed by atoms with van der Waals surface area (Å²) in [6, 6.07) is 17.8. The average molecular weight is 258 g/mol. The Morgan fingerprint density at radius 1 is 0.933 bits per heavy atom. The standard InChI is InChI=1S/C13H8BrN/c14-12-7-5-10(6-8-12)13-4-2-1-3-11(13)9-15/h1-8H. The highest BCUT2D eigenvalue weighted by molar-refractivity contribution is 9.10. The lowest BCUT2D eigenvalue weighted by molar-refractivity contribution is 1.48. The first-order valence-electron chi connectivity index (χ1n) is 4.56. The second-order valence-corrected chi connectivity index (χ2v) is 4.08. The van der Waals surface area contributed by atoms with Crippen molar-refractivity contribution in [2.24, 2.45) is 0 Å². The van der Waals surface area contributed by atoms with E-state index >= 15 is 0 Å². The molecule has 0 atom stereocenters. The van der Waals surface area contributed by atoms with E-state index in [0.717, 1.165) is 15.6 Å². The van der Waals surface area contributed by atoms with Crippen LogP contribution in [0.3, 0.4) is 0 Å². The number of nitriles is 1. The summed E-state index contributed by atoms with van der Waals surface area (Å²) in [5, 5.41) is 8.98. The normalized spacial score (nSPS) is 9.60. The van der Waals surface area contributed by atoms with Gasteiger partial charge in [-0.1, -0.05) is 46.3 Å². The second kappa shape index (κ2) is 4.29. The third kappa shape index (κ3) is 2.08. The first-order chi connectivity index (χ1) is 7.31. The van der Waals surface area contributed by atoms with E-state index in [0.29, 0.717) is 5.56 Å². The second-order valence-electron chi connectivity index (χ2n) is 3.16. The Morgan fingerprint density at radius 3 is 2.27 bits per heavy atom. The molecule has 0 radical (unpaired) electrons. The molecule has 0 saturated heterocycles. The van der Waals surface area contributed by atoms with E-state index in [1.807, 2.05) is 48.5 Å². The van der Waals surface area contributed by atoms with Gasteiger partial charge in [-0.05, 0) is 29.3 Å². The molecule has 2 heteroatoms. The molecule has 0 N–H and O–H groups in total. The lowest BCUT2D eigenvalue weighted by Crippen LogP contribution is -1.82. The fourth-order valence-electron chi connectivity index (χ4n) is 1.46. The lowest BCUT2D eigenvalue weighted by atomic mass is 10.0. The van der Waals surface area contributed by atoms with Gasteiger partial charge < -0.3 is 0 Å². The summed E-state index contributed by atoms with van der Waals surface area (Å²) in [7, 11) is 0. The van der Waals surface area contributed by atoms with Crippen LogP contribution in [0.25, 0.3) is 11.1 Å². The van der Waals surface area contributed by atoms with Crippen molar-refractivity contribution in [3.05, 3.63) is 58.6 Å². The van der Waals surface area contributed by atoms with Crippen molar-refractivity contribution in [3.8, 4) is 17.2 Å². The summed E-state index contributed by atoms with van der Waals surface area (Å²) >= 11 is 3.39. The van der Waals surface area contributed by atoms with Gasteiger partial charge in [-0.15, -0.1) is 0 Å². The molecule has 0 bridgehead atoms. The van der Waals surface area contributed by atoms with Gasteiger partial charge >= 0.3 is 0 Å². The number of nitrogens with zero attached hydrogens (tertiary/aromatic N) is 1. The highest BCUT2D eigenvalue weighted by Gasteiger charge is 2.02. The van der Waals surface area contributed by atoms with E-state index in [-0.39, 0.29) is 0 Å². The summed E-state index contributed by atoms with van der Waals surface area (Å²) in [6.07, 6.45) is 0. The average Bonchev–Trinajstić information content (AvgIpc) is 2.30. The van der Waals surface area contributed by atoms with Crippen LogP contribution in [-0.2, 0) is 0 Å². The zero-order valence-corrected chi connectivity index (χ0v) is 9.53. The maximum Gasteiger partial charge on any atom is 0.0998 e. The van der Waals surface area contributed by atoms with Gasteiger partial charge in [-0.25, -0.2) is 0 Å². The van der Waals surface area contributed by atoms with Crippen LogP contribution in [0.2, 0.25) is 0 Å². The van der Waals surface area contributed by atoms with E-state index in [1.54, 1.807) is 0 Å². The van der Waals surface area contributed by atoms with E-state index in [4.69, 9.17) is 5.26 Å². The molecule has 2 aromatic carbocycles. The predicted molar refractivity (Wildman–Crippen MR) is 64.3 cm³/mol. The minimum atomic E-state index is 0.708. The van der Waals surface area contributed by atoms with Crippen molar-refractivity contribution in [1.29, 1.82) is 5.26 Å². The van der Waals surface area contributed by atoms with Crippen LogP contribution in [0.15, 0.2) is 53.0 Å². The van der Waals surface area contributed by atoms with Crippen molar-refractivity contribution in [3.63, 3.8) is 0 Å². The SMILES string of the molecule is N#Cc1ccccc1-c1ccc(Br)cc1. The Bertz CT molecular complexity index is 509. The van der Waals surface area contributed by atoms with Crippen molar-refractivity contribution in [2.75, 3.05) is 0 Å². The van der Waals surface area contributed by atoms with Gasteiger partial charge in [0.15, 0.2) is 0 Å². The third-order valence-corrected chi connectivity index (χ3v) is 2.73. The molecule has 0 spiro atoms. The molecule has 15 heavy (non-hydrogen) atoms. The van der Waals surface area contributed by atoms with Crippen LogP contribution in [0.4, 0.5) is 0 Å². The van der Waals surface area contributed by atoms with Crippen LogP contribution in [-0.4, -0.2) is 0 Å². The molecule has 0 aliphatic heterocycles.